The van der Waals surface area contributed by atoms with E-state index < -0.39 is 60.6 Å². The van der Waals surface area contributed by atoms with Crippen LogP contribution in [0, 0.1) is 6.92 Å². The van der Waals surface area contributed by atoms with Crippen molar-refractivity contribution in [3.63, 3.8) is 0 Å². The molecular formula is C29H58N2O6Si3. The SMILES string of the molecule is Cc1c([C@@H]2O[C@H](CO[Si](C)(C)C(C)(C)C)[C@@H](O[Si](C)(C)C(C)(C)C)[C@H]2O[Si](C)(C)C(C)(C)C)c(=O)[nH]c(=O)n1C. The van der Waals surface area contributed by atoms with Crippen molar-refractivity contribution >= 4 is 25.0 Å². The number of rotatable bonds is 8. The van der Waals surface area contributed by atoms with Crippen LogP contribution in [0.3, 0.4) is 0 Å². The van der Waals surface area contributed by atoms with Crippen LogP contribution in [-0.4, -0.2) is 59.4 Å². The summed E-state index contributed by atoms with van der Waals surface area (Å²) in [6, 6.07) is 0. The molecule has 1 fully saturated rings. The minimum atomic E-state index is -2.34. The molecule has 0 spiro atoms. The number of nitrogens with zero attached hydrogens (tertiary/aromatic N) is 1. The summed E-state index contributed by atoms with van der Waals surface area (Å²) < 4.78 is 29.3. The van der Waals surface area contributed by atoms with Gasteiger partial charge in [0.2, 0.25) is 0 Å². The first-order chi connectivity index (χ1) is 17.6. The highest BCUT2D eigenvalue weighted by atomic mass is 28.4. The topological polar surface area (TPSA) is 91.8 Å². The third kappa shape index (κ3) is 7.20. The first-order valence-corrected chi connectivity index (χ1v) is 23.3. The Hall–Kier alpha value is -0.829. The van der Waals surface area contributed by atoms with Gasteiger partial charge in [-0.25, -0.2) is 4.79 Å². The van der Waals surface area contributed by atoms with E-state index >= 15 is 0 Å². The maximum atomic E-state index is 13.4. The van der Waals surface area contributed by atoms with Crippen LogP contribution in [0.15, 0.2) is 9.59 Å². The molecular weight excluding hydrogens is 557 g/mol. The summed E-state index contributed by atoms with van der Waals surface area (Å²) in [4.78, 5) is 28.3. The van der Waals surface area contributed by atoms with E-state index in [1.165, 1.54) is 4.57 Å². The largest absolute Gasteiger partial charge is 0.414 e. The van der Waals surface area contributed by atoms with Crippen molar-refractivity contribution in [3.05, 3.63) is 32.1 Å². The summed E-state index contributed by atoms with van der Waals surface area (Å²) in [7, 11) is -5.08. The first-order valence-electron chi connectivity index (χ1n) is 14.6. The summed E-state index contributed by atoms with van der Waals surface area (Å²) in [6.07, 6.45) is -2.09. The number of nitrogens with one attached hydrogen (secondary N) is 1. The molecule has 40 heavy (non-hydrogen) atoms. The molecule has 2 heterocycles. The van der Waals surface area contributed by atoms with Crippen LogP contribution < -0.4 is 11.2 Å². The van der Waals surface area contributed by atoms with Gasteiger partial charge in [0, 0.05) is 12.7 Å². The van der Waals surface area contributed by atoms with E-state index in [1.807, 2.05) is 0 Å². The van der Waals surface area contributed by atoms with E-state index in [0.29, 0.717) is 17.9 Å². The fraction of sp³-hybridized carbons (Fsp3) is 0.862. The zero-order valence-corrected chi connectivity index (χ0v) is 31.4. The van der Waals surface area contributed by atoms with Gasteiger partial charge in [-0.15, -0.1) is 0 Å². The molecule has 0 bridgehead atoms. The van der Waals surface area contributed by atoms with Crippen molar-refractivity contribution in [1.29, 1.82) is 0 Å². The molecule has 1 aliphatic rings. The second kappa shape index (κ2) is 11.3. The number of hydrogen-bond acceptors (Lipinski definition) is 6. The molecule has 4 atom stereocenters. The number of ether oxygens (including phenoxy) is 1. The smallest absolute Gasteiger partial charge is 0.328 e. The molecule has 1 aliphatic heterocycles. The summed E-state index contributed by atoms with van der Waals surface area (Å²) in [5.74, 6) is 0. The Morgan fingerprint density at radius 2 is 1.20 bits per heavy atom. The Balaban J connectivity index is 2.76. The van der Waals surface area contributed by atoms with E-state index in [2.05, 4.69) is 107 Å². The van der Waals surface area contributed by atoms with E-state index in [9.17, 15) is 9.59 Å². The van der Waals surface area contributed by atoms with Gasteiger partial charge in [-0.05, 0) is 61.3 Å². The molecule has 1 N–H and O–H groups in total. The van der Waals surface area contributed by atoms with Crippen LogP contribution in [0.25, 0.3) is 0 Å². The highest BCUT2D eigenvalue weighted by Crippen LogP contribution is 2.47. The van der Waals surface area contributed by atoms with E-state index in [0.717, 1.165) is 0 Å². The zero-order valence-electron chi connectivity index (χ0n) is 28.4. The summed E-state index contributed by atoms with van der Waals surface area (Å²) >= 11 is 0. The fourth-order valence-electron chi connectivity index (χ4n) is 3.99. The second-order valence-corrected chi connectivity index (χ2v) is 30.5. The number of aromatic nitrogens is 2. The quantitative estimate of drug-likeness (QED) is 0.331. The molecule has 1 aromatic rings. The molecule has 0 radical (unpaired) electrons. The van der Waals surface area contributed by atoms with Crippen LogP contribution in [0.4, 0.5) is 0 Å². The van der Waals surface area contributed by atoms with Gasteiger partial charge in [0.25, 0.3) is 5.56 Å². The molecule has 2 rings (SSSR count). The van der Waals surface area contributed by atoms with Gasteiger partial charge in [-0.1, -0.05) is 62.3 Å². The normalized spacial score (nSPS) is 23.6. The lowest BCUT2D eigenvalue weighted by Gasteiger charge is -2.44. The summed E-state index contributed by atoms with van der Waals surface area (Å²) in [5.41, 5.74) is 0.105. The average Bonchev–Trinajstić information content (AvgIpc) is 3.04. The maximum Gasteiger partial charge on any atom is 0.328 e. The van der Waals surface area contributed by atoms with E-state index in [-0.39, 0.29) is 15.1 Å². The third-order valence-electron chi connectivity index (χ3n) is 10.1. The van der Waals surface area contributed by atoms with Crippen molar-refractivity contribution in [2.45, 2.75) is 148 Å². The van der Waals surface area contributed by atoms with Crippen molar-refractivity contribution < 1.29 is 18.0 Å². The van der Waals surface area contributed by atoms with Gasteiger partial charge >= 0.3 is 5.69 Å². The Labute approximate surface area is 245 Å². The van der Waals surface area contributed by atoms with Crippen LogP contribution in [-0.2, 0) is 25.1 Å². The minimum absolute atomic E-state index is 0.0310. The molecule has 1 aromatic heterocycles. The zero-order chi connectivity index (χ0) is 31.4. The lowest BCUT2D eigenvalue weighted by molar-refractivity contribution is -0.0181. The standard InChI is InChI=1S/C29H58N2O6Si3/c1-19-21(25(32)30-26(33)31(19)11)23-24(37-40(16,17)29(8,9)10)22(36-39(14,15)28(5,6)7)20(35-23)18-34-38(12,13)27(2,3)4/h20,22-24H,18H2,1-17H3,(H,30,32,33)/t20-,22-,23+,24-/m1/s1. The predicted molar refractivity (Wildman–Crippen MR) is 172 cm³/mol. The summed E-state index contributed by atoms with van der Waals surface area (Å²) in [5, 5.41) is -0.0788. The van der Waals surface area contributed by atoms with Crippen LogP contribution in [0.5, 0.6) is 0 Å². The monoisotopic (exact) mass is 614 g/mol. The molecule has 1 saturated heterocycles. The maximum absolute atomic E-state index is 13.4. The lowest BCUT2D eigenvalue weighted by atomic mass is 10.0. The fourth-order valence-corrected chi connectivity index (χ4v) is 7.61. The van der Waals surface area contributed by atoms with Gasteiger partial charge in [0.15, 0.2) is 25.0 Å². The Bertz CT molecular complexity index is 1170. The molecule has 0 amide bonds. The van der Waals surface area contributed by atoms with Gasteiger partial charge in [-0.3, -0.25) is 9.78 Å². The number of hydrogen-bond donors (Lipinski definition) is 1. The van der Waals surface area contributed by atoms with Crippen molar-refractivity contribution in [2.24, 2.45) is 7.05 Å². The third-order valence-corrected chi connectivity index (χ3v) is 23.6. The Kier molecular flexibility index (Phi) is 10.0. The van der Waals surface area contributed by atoms with Crippen LogP contribution >= 0.6 is 0 Å². The number of H-pyrrole nitrogens is 1. The van der Waals surface area contributed by atoms with Gasteiger partial charge in [0.1, 0.15) is 24.4 Å². The minimum Gasteiger partial charge on any atom is -0.414 e. The van der Waals surface area contributed by atoms with E-state index in [4.69, 9.17) is 18.0 Å². The predicted octanol–water partition coefficient (Wildman–Crippen LogP) is 6.62. The Morgan fingerprint density at radius 3 is 1.62 bits per heavy atom. The van der Waals surface area contributed by atoms with Crippen molar-refractivity contribution in [1.82, 2.24) is 9.55 Å². The van der Waals surface area contributed by atoms with Gasteiger partial charge < -0.3 is 22.6 Å². The first kappa shape index (κ1) is 35.4. The molecule has 8 nitrogen and oxygen atoms in total. The molecule has 232 valence electrons. The summed E-state index contributed by atoms with van der Waals surface area (Å²) in [6.45, 7) is 35.4. The molecule has 0 aliphatic carbocycles. The molecule has 0 unspecified atom stereocenters. The molecule has 0 aromatic carbocycles. The van der Waals surface area contributed by atoms with Crippen molar-refractivity contribution in [2.75, 3.05) is 6.61 Å². The molecule has 11 heteroatoms. The van der Waals surface area contributed by atoms with E-state index in [1.54, 1.807) is 14.0 Å². The number of aromatic amines is 1. The van der Waals surface area contributed by atoms with Gasteiger partial charge in [-0.2, -0.15) is 0 Å². The highest BCUT2D eigenvalue weighted by molar-refractivity contribution is 6.75. The Morgan fingerprint density at radius 1 is 0.775 bits per heavy atom. The second-order valence-electron chi connectivity index (χ2n) is 16.2. The van der Waals surface area contributed by atoms with Crippen molar-refractivity contribution in [3.8, 4) is 0 Å². The van der Waals surface area contributed by atoms with Crippen LogP contribution in [0.2, 0.25) is 54.4 Å². The van der Waals surface area contributed by atoms with Gasteiger partial charge in [0.05, 0.1) is 12.2 Å². The molecule has 0 saturated carbocycles. The average molecular weight is 615 g/mol. The lowest BCUT2D eigenvalue weighted by Crippen LogP contribution is -2.54. The highest BCUT2D eigenvalue weighted by Gasteiger charge is 2.55. The van der Waals surface area contributed by atoms with Crippen LogP contribution in [0.1, 0.15) is 79.7 Å².